The summed E-state index contributed by atoms with van der Waals surface area (Å²) in [5.41, 5.74) is 2.88. The summed E-state index contributed by atoms with van der Waals surface area (Å²) >= 11 is 0. The van der Waals surface area contributed by atoms with Crippen LogP contribution < -0.4 is 5.32 Å². The molecule has 7 nitrogen and oxygen atoms in total. The molecule has 1 unspecified atom stereocenters. The van der Waals surface area contributed by atoms with Crippen LogP contribution in [0.5, 0.6) is 0 Å². The predicted molar refractivity (Wildman–Crippen MR) is 111 cm³/mol. The highest BCUT2D eigenvalue weighted by Gasteiger charge is 2.34. The molecule has 1 aromatic carbocycles. The number of carboxylic acid groups (broad SMARTS) is 1. The third kappa shape index (κ3) is 5.37. The highest BCUT2D eigenvalue weighted by Crippen LogP contribution is 2.23. The van der Waals surface area contributed by atoms with Gasteiger partial charge in [-0.1, -0.05) is 42.5 Å². The van der Waals surface area contributed by atoms with E-state index in [9.17, 15) is 19.5 Å². The number of nitrogens with zero attached hydrogens (tertiary/aromatic N) is 1. The molecule has 2 N–H and O–H groups in total. The van der Waals surface area contributed by atoms with Gasteiger partial charge in [0.25, 0.3) is 0 Å². The van der Waals surface area contributed by atoms with Crippen molar-refractivity contribution < 1.29 is 24.2 Å². The van der Waals surface area contributed by atoms with Gasteiger partial charge in [-0.05, 0) is 29.2 Å². The maximum absolute atomic E-state index is 12.7. The Hall–Kier alpha value is -3.35. The van der Waals surface area contributed by atoms with Crippen LogP contribution in [0.3, 0.4) is 0 Å². The zero-order chi connectivity index (χ0) is 21.5. The third-order valence-corrected chi connectivity index (χ3v) is 5.33. The molecule has 1 aromatic rings. The summed E-state index contributed by atoms with van der Waals surface area (Å²) in [5.74, 6) is -0.833. The van der Waals surface area contributed by atoms with Crippen LogP contribution in [-0.4, -0.2) is 47.5 Å². The number of carbonyl (C=O) groups is 3. The largest absolute Gasteiger partial charge is 0.501 e. The van der Waals surface area contributed by atoms with Crippen LogP contribution in [0.2, 0.25) is 0 Å². The number of aliphatic carboxylic acids is 1. The fraction of sp³-hybridized carbons (Fsp3) is 0.348. The molecular formula is C23H26N2O5. The number of hydrogen-bond donors (Lipinski definition) is 2. The lowest BCUT2D eigenvalue weighted by Gasteiger charge is -2.34. The van der Waals surface area contributed by atoms with E-state index >= 15 is 0 Å². The average molecular weight is 410 g/mol. The van der Waals surface area contributed by atoms with Crippen molar-refractivity contribution in [2.45, 2.75) is 38.3 Å². The van der Waals surface area contributed by atoms with Gasteiger partial charge in [-0.3, -0.25) is 9.59 Å². The summed E-state index contributed by atoms with van der Waals surface area (Å²) in [7, 11) is 1.62. The van der Waals surface area contributed by atoms with Crippen molar-refractivity contribution in [1.29, 1.82) is 0 Å². The first-order valence-electron chi connectivity index (χ1n) is 9.94. The Morgan fingerprint density at radius 3 is 2.70 bits per heavy atom. The number of methoxy groups -OCH3 is 1. The van der Waals surface area contributed by atoms with Crippen LogP contribution in [0.25, 0.3) is 0 Å². The van der Waals surface area contributed by atoms with E-state index < -0.39 is 17.9 Å². The van der Waals surface area contributed by atoms with E-state index in [1.807, 2.05) is 48.6 Å². The molecule has 1 aliphatic carbocycles. The van der Waals surface area contributed by atoms with Crippen molar-refractivity contribution in [2.24, 2.45) is 0 Å². The second kappa shape index (κ2) is 9.91. The van der Waals surface area contributed by atoms with Crippen molar-refractivity contribution in [3.05, 3.63) is 71.0 Å². The number of rotatable bonds is 7. The van der Waals surface area contributed by atoms with Crippen LogP contribution in [-0.2, 0) is 32.1 Å². The van der Waals surface area contributed by atoms with Crippen molar-refractivity contribution in [2.75, 3.05) is 13.7 Å². The number of carboxylic acids is 1. The van der Waals surface area contributed by atoms with Gasteiger partial charge < -0.3 is 20.1 Å². The third-order valence-electron chi connectivity index (χ3n) is 5.33. The lowest BCUT2D eigenvalue weighted by Crippen LogP contribution is -2.51. The van der Waals surface area contributed by atoms with Gasteiger partial charge in [-0.15, -0.1) is 0 Å². The number of carbonyl (C=O) groups excluding carboxylic acids is 2. The minimum atomic E-state index is -1.04. The van der Waals surface area contributed by atoms with Gasteiger partial charge in [0.1, 0.15) is 6.04 Å². The number of ether oxygens (including phenoxy) is 1. The van der Waals surface area contributed by atoms with E-state index in [0.717, 1.165) is 22.5 Å². The molecule has 1 heterocycles. The Balaban J connectivity index is 1.53. The van der Waals surface area contributed by atoms with Gasteiger partial charge in [0.05, 0.1) is 19.4 Å². The van der Waals surface area contributed by atoms with Crippen molar-refractivity contribution in [1.82, 2.24) is 10.2 Å². The molecule has 2 aliphatic rings. The first-order valence-corrected chi connectivity index (χ1v) is 9.94. The van der Waals surface area contributed by atoms with Gasteiger partial charge in [0.15, 0.2) is 0 Å². The molecule has 0 saturated heterocycles. The topological polar surface area (TPSA) is 95.9 Å². The summed E-state index contributed by atoms with van der Waals surface area (Å²) in [6.07, 6.45) is 9.51. The van der Waals surface area contributed by atoms with Crippen LogP contribution in [0.4, 0.5) is 0 Å². The molecule has 3 rings (SSSR count). The minimum absolute atomic E-state index is 0.215. The van der Waals surface area contributed by atoms with Gasteiger partial charge in [-0.25, -0.2) is 4.79 Å². The lowest BCUT2D eigenvalue weighted by molar-refractivity contribution is -0.151. The van der Waals surface area contributed by atoms with E-state index in [1.165, 1.54) is 4.90 Å². The molecular weight excluding hydrogens is 384 g/mol. The molecule has 0 aromatic heterocycles. The number of fused-ring (bicyclic) bond motifs is 1. The molecule has 7 heteroatoms. The van der Waals surface area contributed by atoms with E-state index in [2.05, 4.69) is 5.32 Å². The minimum Gasteiger partial charge on any atom is -0.501 e. The van der Waals surface area contributed by atoms with Gasteiger partial charge >= 0.3 is 5.97 Å². The summed E-state index contributed by atoms with van der Waals surface area (Å²) in [5, 5.41) is 12.2. The first-order chi connectivity index (χ1) is 14.5. The second-order valence-electron chi connectivity index (χ2n) is 7.31. The van der Waals surface area contributed by atoms with Crippen LogP contribution in [0, 0.1) is 0 Å². The fourth-order valence-electron chi connectivity index (χ4n) is 3.60. The Bertz CT molecular complexity index is 916. The molecule has 0 radical (unpaired) electrons. The van der Waals surface area contributed by atoms with Gasteiger partial charge in [0.2, 0.25) is 11.8 Å². The maximum atomic E-state index is 12.7. The Labute approximate surface area is 175 Å². The number of allylic oxidation sites excluding steroid dienone is 5. The maximum Gasteiger partial charge on any atom is 0.326 e. The molecule has 0 spiro atoms. The molecule has 1 aliphatic heterocycles. The van der Waals surface area contributed by atoms with E-state index in [-0.39, 0.29) is 31.8 Å². The second-order valence-corrected chi connectivity index (χ2v) is 7.31. The molecule has 0 fully saturated rings. The summed E-state index contributed by atoms with van der Waals surface area (Å²) < 4.78 is 5.22. The Kier molecular flexibility index (Phi) is 7.06. The highest BCUT2D eigenvalue weighted by molar-refractivity contribution is 5.88. The van der Waals surface area contributed by atoms with Crippen LogP contribution in [0.15, 0.2) is 59.9 Å². The Morgan fingerprint density at radius 1 is 1.20 bits per heavy atom. The summed E-state index contributed by atoms with van der Waals surface area (Å²) in [6.45, 7) is 0.0150. The number of amides is 2. The van der Waals surface area contributed by atoms with E-state index in [4.69, 9.17) is 4.74 Å². The van der Waals surface area contributed by atoms with E-state index in [1.54, 1.807) is 7.11 Å². The summed E-state index contributed by atoms with van der Waals surface area (Å²) in [6, 6.07) is 6.58. The van der Waals surface area contributed by atoms with Crippen LogP contribution >= 0.6 is 0 Å². The monoisotopic (exact) mass is 410 g/mol. The molecule has 30 heavy (non-hydrogen) atoms. The molecule has 1 atom stereocenters. The molecule has 2 amide bonds. The van der Waals surface area contributed by atoms with Crippen LogP contribution in [0.1, 0.15) is 30.4 Å². The first kappa shape index (κ1) is 21.4. The molecule has 0 saturated carbocycles. The normalized spacial score (nSPS) is 17.9. The predicted octanol–water partition coefficient (Wildman–Crippen LogP) is 2.34. The quantitative estimate of drug-likeness (QED) is 0.719. The van der Waals surface area contributed by atoms with E-state index in [0.29, 0.717) is 12.8 Å². The number of benzene rings is 1. The zero-order valence-electron chi connectivity index (χ0n) is 17.0. The van der Waals surface area contributed by atoms with Gasteiger partial charge in [0, 0.05) is 25.8 Å². The number of hydrogen-bond acceptors (Lipinski definition) is 4. The number of nitrogens with one attached hydrogen (secondary N) is 1. The lowest BCUT2D eigenvalue weighted by atomic mass is 9.94. The van der Waals surface area contributed by atoms with Crippen molar-refractivity contribution in [3.63, 3.8) is 0 Å². The Morgan fingerprint density at radius 2 is 1.97 bits per heavy atom. The van der Waals surface area contributed by atoms with Crippen molar-refractivity contribution in [3.8, 4) is 0 Å². The highest BCUT2D eigenvalue weighted by atomic mass is 16.5. The average Bonchev–Trinajstić information content (AvgIpc) is 3.00. The smallest absolute Gasteiger partial charge is 0.326 e. The standard InChI is InChI=1S/C23H26N2O5/c1-30-19-8-4-5-16(9-11-19)10-12-21(26)24-14-22(27)25-15-18-7-3-2-6-17(18)13-20(25)23(28)29/h2-7,9,11,20H,8,10,12-15H2,1H3,(H,24,26)(H,28,29). The molecule has 0 bridgehead atoms. The zero-order valence-corrected chi connectivity index (χ0v) is 17.0. The SMILES string of the molecule is COC1=CC=C(CCC(=O)NCC(=O)N2Cc3ccccc3CC2C(=O)O)C=CC1. The molecule has 158 valence electrons. The van der Waals surface area contributed by atoms with Crippen molar-refractivity contribution >= 4 is 17.8 Å². The van der Waals surface area contributed by atoms with Gasteiger partial charge in [-0.2, -0.15) is 0 Å². The fourth-order valence-corrected chi connectivity index (χ4v) is 3.60. The summed E-state index contributed by atoms with van der Waals surface area (Å²) in [4.78, 5) is 37.8.